The topological polar surface area (TPSA) is 99.3 Å². The number of rotatable bonds is 5. The highest BCUT2D eigenvalue weighted by Gasteiger charge is 2.36. The molecular weight excluding hydrogens is 498 g/mol. The molecule has 1 amide bonds. The predicted molar refractivity (Wildman–Crippen MR) is 149 cm³/mol. The molecule has 7 rings (SSSR count). The summed E-state index contributed by atoms with van der Waals surface area (Å²) >= 11 is 1.71. The van der Waals surface area contributed by atoms with E-state index in [4.69, 9.17) is 4.74 Å². The predicted octanol–water partition coefficient (Wildman–Crippen LogP) is 4.51. The van der Waals surface area contributed by atoms with Crippen LogP contribution in [0.2, 0.25) is 0 Å². The molecule has 0 spiro atoms. The minimum atomic E-state index is 0.0585. The van der Waals surface area contributed by atoms with Gasteiger partial charge in [0.2, 0.25) is 5.91 Å². The lowest BCUT2D eigenvalue weighted by molar-refractivity contribution is -0.139. The Hall–Kier alpha value is -3.24. The Morgan fingerprint density at radius 1 is 1.21 bits per heavy atom. The van der Waals surface area contributed by atoms with Crippen molar-refractivity contribution in [3.8, 4) is 5.75 Å². The fourth-order valence-corrected chi connectivity index (χ4v) is 7.77. The molecule has 38 heavy (non-hydrogen) atoms. The summed E-state index contributed by atoms with van der Waals surface area (Å²) in [6, 6.07) is 4.56. The zero-order valence-corrected chi connectivity index (χ0v) is 22.5. The number of nitrogens with zero attached hydrogens (tertiary/aromatic N) is 5. The van der Waals surface area contributed by atoms with Gasteiger partial charge in [0.1, 0.15) is 22.7 Å². The lowest BCUT2D eigenvalue weighted by Crippen LogP contribution is -2.57. The number of H-pyrrole nitrogens is 1. The molecule has 2 atom stereocenters. The molecule has 0 radical (unpaired) electrons. The molecule has 2 aliphatic heterocycles. The molecule has 1 aromatic carbocycles. The molecule has 10 heteroatoms. The van der Waals surface area contributed by atoms with Crippen LogP contribution in [0.3, 0.4) is 0 Å². The standard InChI is InChI=1S/C28H33N7O2S/c1-2-37-23-13-21-18(14-31-33-21)11-22(23)32-26-25-20-7-6-17(12-24(20)38-27(25)30-16-29-26)28(36)35-10-9-34-8-4-3-5-19(34)15-35/h11,13-14,16-17,19H,2-10,12,15H2,1H3,(H,31,33)(H,29,30,32). The number of aromatic nitrogens is 4. The van der Waals surface area contributed by atoms with E-state index in [9.17, 15) is 4.79 Å². The molecule has 4 aromatic rings. The number of anilines is 2. The molecule has 3 aliphatic rings. The zero-order valence-electron chi connectivity index (χ0n) is 21.7. The van der Waals surface area contributed by atoms with E-state index in [0.29, 0.717) is 18.6 Å². The van der Waals surface area contributed by atoms with Crippen LogP contribution in [0.1, 0.15) is 43.0 Å². The molecule has 2 fully saturated rings. The van der Waals surface area contributed by atoms with E-state index >= 15 is 0 Å². The summed E-state index contributed by atoms with van der Waals surface area (Å²) in [5.74, 6) is 1.94. The van der Waals surface area contributed by atoms with E-state index in [1.165, 1.54) is 36.2 Å². The van der Waals surface area contributed by atoms with Gasteiger partial charge in [0.05, 0.1) is 29.4 Å². The Balaban J connectivity index is 1.14. The molecule has 2 saturated heterocycles. The number of carbonyl (C=O) groups is 1. The van der Waals surface area contributed by atoms with Crippen LogP contribution in [0.4, 0.5) is 11.5 Å². The van der Waals surface area contributed by atoms with Crippen molar-refractivity contribution < 1.29 is 9.53 Å². The minimum absolute atomic E-state index is 0.0585. The maximum Gasteiger partial charge on any atom is 0.226 e. The average molecular weight is 532 g/mol. The largest absolute Gasteiger partial charge is 0.492 e. The van der Waals surface area contributed by atoms with Gasteiger partial charge in [0.15, 0.2) is 0 Å². The van der Waals surface area contributed by atoms with Crippen molar-refractivity contribution in [2.75, 3.05) is 38.1 Å². The minimum Gasteiger partial charge on any atom is -0.492 e. The van der Waals surface area contributed by atoms with E-state index < -0.39 is 0 Å². The quantitative estimate of drug-likeness (QED) is 0.391. The summed E-state index contributed by atoms with van der Waals surface area (Å²) in [6.45, 7) is 6.53. The number of piperazine rings is 1. The van der Waals surface area contributed by atoms with Crippen molar-refractivity contribution in [2.24, 2.45) is 5.92 Å². The number of thiophene rings is 1. The Kier molecular flexibility index (Phi) is 6.16. The van der Waals surface area contributed by atoms with E-state index in [-0.39, 0.29) is 5.92 Å². The number of nitrogens with one attached hydrogen (secondary N) is 2. The molecule has 9 nitrogen and oxygen atoms in total. The second-order valence-corrected chi connectivity index (χ2v) is 11.8. The smallest absolute Gasteiger partial charge is 0.226 e. The second-order valence-electron chi connectivity index (χ2n) is 10.7. The van der Waals surface area contributed by atoms with Gasteiger partial charge in [0, 0.05) is 47.9 Å². The second kappa shape index (κ2) is 9.81. The first-order chi connectivity index (χ1) is 18.7. The van der Waals surface area contributed by atoms with Gasteiger partial charge in [0.25, 0.3) is 0 Å². The van der Waals surface area contributed by atoms with Crippen LogP contribution in [0.25, 0.3) is 21.1 Å². The Bertz CT molecular complexity index is 1500. The molecule has 2 unspecified atom stereocenters. The average Bonchev–Trinajstić information content (AvgIpc) is 3.56. The number of amides is 1. The molecule has 0 saturated carbocycles. The van der Waals surface area contributed by atoms with Gasteiger partial charge < -0.3 is 15.0 Å². The number of piperidine rings is 1. The van der Waals surface area contributed by atoms with Gasteiger partial charge >= 0.3 is 0 Å². The van der Waals surface area contributed by atoms with Gasteiger partial charge in [-0.15, -0.1) is 11.3 Å². The highest BCUT2D eigenvalue weighted by atomic mass is 32.1. The third kappa shape index (κ3) is 4.19. The number of hydrogen-bond donors (Lipinski definition) is 2. The van der Waals surface area contributed by atoms with Gasteiger partial charge in [-0.05, 0) is 57.2 Å². The molecule has 3 aromatic heterocycles. The van der Waals surface area contributed by atoms with Crippen molar-refractivity contribution >= 4 is 49.9 Å². The normalized spacial score (nSPS) is 21.9. The highest BCUT2D eigenvalue weighted by molar-refractivity contribution is 7.19. The number of fused-ring (bicyclic) bond motifs is 5. The van der Waals surface area contributed by atoms with E-state index in [0.717, 1.165) is 77.3 Å². The summed E-state index contributed by atoms with van der Waals surface area (Å²) in [5, 5.41) is 12.8. The van der Waals surface area contributed by atoms with Crippen LogP contribution >= 0.6 is 11.3 Å². The van der Waals surface area contributed by atoms with Crippen LogP contribution in [-0.2, 0) is 17.6 Å². The van der Waals surface area contributed by atoms with Gasteiger partial charge in [-0.3, -0.25) is 14.8 Å². The van der Waals surface area contributed by atoms with Gasteiger partial charge in [-0.2, -0.15) is 5.10 Å². The number of aromatic amines is 1. The van der Waals surface area contributed by atoms with E-state index in [2.05, 4.69) is 35.3 Å². The number of benzene rings is 1. The summed E-state index contributed by atoms with van der Waals surface area (Å²) in [5.41, 5.74) is 3.07. The summed E-state index contributed by atoms with van der Waals surface area (Å²) < 4.78 is 5.93. The van der Waals surface area contributed by atoms with E-state index in [1.54, 1.807) is 17.7 Å². The first-order valence-electron chi connectivity index (χ1n) is 13.8. The summed E-state index contributed by atoms with van der Waals surface area (Å²) in [6.07, 6.45) is 9.79. The van der Waals surface area contributed by atoms with Crippen LogP contribution in [0.5, 0.6) is 5.75 Å². The summed E-state index contributed by atoms with van der Waals surface area (Å²) in [4.78, 5) is 29.8. The van der Waals surface area contributed by atoms with Crippen molar-refractivity contribution in [1.29, 1.82) is 0 Å². The van der Waals surface area contributed by atoms with Gasteiger partial charge in [-0.25, -0.2) is 9.97 Å². The van der Waals surface area contributed by atoms with Gasteiger partial charge in [-0.1, -0.05) is 6.42 Å². The van der Waals surface area contributed by atoms with Crippen molar-refractivity contribution in [2.45, 2.75) is 51.5 Å². The zero-order chi connectivity index (χ0) is 25.6. The molecule has 5 heterocycles. The summed E-state index contributed by atoms with van der Waals surface area (Å²) in [7, 11) is 0. The van der Waals surface area contributed by atoms with E-state index in [1.807, 2.05) is 25.3 Å². The first kappa shape index (κ1) is 23.8. The molecular formula is C28H33N7O2S. The molecule has 1 aliphatic carbocycles. The number of carbonyl (C=O) groups excluding carboxylic acids is 1. The lowest BCUT2D eigenvalue weighted by Gasteiger charge is -2.45. The maximum atomic E-state index is 13.6. The van der Waals surface area contributed by atoms with Crippen molar-refractivity contribution in [1.82, 2.24) is 30.0 Å². The number of aryl methyl sites for hydroxylation is 1. The number of ether oxygens (including phenoxy) is 1. The fourth-order valence-electron chi connectivity index (χ4n) is 6.50. The van der Waals surface area contributed by atoms with Crippen LogP contribution < -0.4 is 10.1 Å². The Morgan fingerprint density at radius 2 is 2.16 bits per heavy atom. The maximum absolute atomic E-state index is 13.6. The van der Waals surface area contributed by atoms with Crippen molar-refractivity contribution in [3.05, 3.63) is 35.1 Å². The molecule has 2 N–H and O–H groups in total. The third-order valence-electron chi connectivity index (χ3n) is 8.44. The third-order valence-corrected chi connectivity index (χ3v) is 9.60. The fraction of sp³-hybridized carbons (Fsp3) is 0.500. The monoisotopic (exact) mass is 531 g/mol. The Labute approximate surface area is 225 Å². The van der Waals surface area contributed by atoms with Crippen LogP contribution in [0, 0.1) is 5.92 Å². The lowest BCUT2D eigenvalue weighted by atomic mass is 9.86. The van der Waals surface area contributed by atoms with Crippen LogP contribution in [0.15, 0.2) is 24.7 Å². The molecule has 198 valence electrons. The van der Waals surface area contributed by atoms with Crippen molar-refractivity contribution in [3.63, 3.8) is 0 Å². The number of hydrogen-bond acceptors (Lipinski definition) is 8. The van der Waals surface area contributed by atoms with Crippen LogP contribution in [-0.4, -0.2) is 74.7 Å². The highest BCUT2D eigenvalue weighted by Crippen LogP contribution is 2.42. The SMILES string of the molecule is CCOc1cc2[nH]ncc2cc1Nc1ncnc2sc3c(c12)CCC(C(=O)N1CCN2CCCCC2C1)C3. The Morgan fingerprint density at radius 3 is 3.08 bits per heavy atom. The molecule has 0 bridgehead atoms. The first-order valence-corrected chi connectivity index (χ1v) is 14.6.